The lowest BCUT2D eigenvalue weighted by atomic mass is 9.81. The summed E-state index contributed by atoms with van der Waals surface area (Å²) >= 11 is 0. The summed E-state index contributed by atoms with van der Waals surface area (Å²) in [5.41, 5.74) is 2.65. The molecule has 3 rings (SSSR count). The number of hydrogen-bond donors (Lipinski definition) is 1. The van der Waals surface area contributed by atoms with Crippen molar-refractivity contribution < 1.29 is 9.53 Å². The quantitative estimate of drug-likeness (QED) is 0.922. The summed E-state index contributed by atoms with van der Waals surface area (Å²) in [6.45, 7) is 6.26. The summed E-state index contributed by atoms with van der Waals surface area (Å²) in [5, 5.41) is 15.5. The largest absolute Gasteiger partial charge is 0.450 e. The molecule has 1 aromatic heterocycles. The third-order valence-electron chi connectivity index (χ3n) is 5.03. The molecule has 1 amide bonds. The van der Waals surface area contributed by atoms with Gasteiger partial charge in [-0.2, -0.15) is 4.68 Å². The van der Waals surface area contributed by atoms with E-state index in [1.54, 1.807) is 11.6 Å². The molecule has 1 aliphatic carbocycles. The van der Waals surface area contributed by atoms with Gasteiger partial charge in [-0.25, -0.2) is 4.79 Å². The van der Waals surface area contributed by atoms with Crippen LogP contribution in [0.4, 0.5) is 4.79 Å². The fraction of sp³-hybridized carbons (Fsp3) is 0.556. The van der Waals surface area contributed by atoms with Gasteiger partial charge in [-0.05, 0) is 61.2 Å². The number of hydrogen-bond acceptors (Lipinski definition) is 5. The first-order valence-electron chi connectivity index (χ1n) is 8.88. The SMILES string of the molecule is CCOC(=O)NC1(c2nnnn2-c2cccc(C)c2C)CCCCC1. The standard InChI is InChI=1S/C18H25N5O2/c1-4-25-17(24)19-18(11-6-5-7-12-18)16-20-21-22-23(16)15-10-8-9-13(2)14(15)3/h8-10H,4-7,11-12H2,1-3H3,(H,19,24). The lowest BCUT2D eigenvalue weighted by molar-refractivity contribution is 0.124. The molecule has 0 radical (unpaired) electrons. The van der Waals surface area contributed by atoms with Gasteiger partial charge in [-0.3, -0.25) is 0 Å². The summed E-state index contributed by atoms with van der Waals surface area (Å²) in [5.74, 6) is 0.675. The van der Waals surface area contributed by atoms with Crippen molar-refractivity contribution in [1.29, 1.82) is 0 Å². The topological polar surface area (TPSA) is 81.9 Å². The second-order valence-electron chi connectivity index (χ2n) is 6.62. The minimum atomic E-state index is -0.593. The number of nitrogens with one attached hydrogen (secondary N) is 1. The van der Waals surface area contributed by atoms with Gasteiger partial charge in [-0.15, -0.1) is 5.10 Å². The highest BCUT2D eigenvalue weighted by Gasteiger charge is 2.41. The molecule has 134 valence electrons. The van der Waals surface area contributed by atoms with Gasteiger partial charge >= 0.3 is 6.09 Å². The Morgan fingerprint density at radius 2 is 2.04 bits per heavy atom. The first-order chi connectivity index (χ1) is 12.1. The summed E-state index contributed by atoms with van der Waals surface area (Å²) < 4.78 is 6.89. The molecule has 0 aliphatic heterocycles. The van der Waals surface area contributed by atoms with Crippen LogP contribution in [0.2, 0.25) is 0 Å². The molecule has 1 fully saturated rings. The van der Waals surface area contributed by atoms with Crippen molar-refractivity contribution in [3.63, 3.8) is 0 Å². The number of rotatable bonds is 4. The Morgan fingerprint density at radius 3 is 2.76 bits per heavy atom. The summed E-state index contributed by atoms with van der Waals surface area (Å²) in [6, 6.07) is 6.06. The molecular weight excluding hydrogens is 318 g/mol. The summed E-state index contributed by atoms with van der Waals surface area (Å²) in [4.78, 5) is 12.2. The number of amides is 1. The fourth-order valence-corrected chi connectivity index (χ4v) is 3.54. The zero-order valence-electron chi connectivity index (χ0n) is 15.1. The third-order valence-corrected chi connectivity index (χ3v) is 5.03. The fourth-order valence-electron chi connectivity index (χ4n) is 3.54. The zero-order chi connectivity index (χ0) is 17.9. The number of carbonyl (C=O) groups is 1. The van der Waals surface area contributed by atoms with Gasteiger partial charge in [0.2, 0.25) is 0 Å². The Kier molecular flexibility index (Phi) is 5.01. The van der Waals surface area contributed by atoms with Crippen molar-refractivity contribution in [3.05, 3.63) is 35.2 Å². The molecule has 25 heavy (non-hydrogen) atoms. The van der Waals surface area contributed by atoms with E-state index in [-0.39, 0.29) is 0 Å². The highest BCUT2D eigenvalue weighted by Crippen LogP contribution is 2.37. The van der Waals surface area contributed by atoms with Crippen molar-refractivity contribution in [1.82, 2.24) is 25.5 Å². The highest BCUT2D eigenvalue weighted by atomic mass is 16.5. The Morgan fingerprint density at radius 1 is 1.28 bits per heavy atom. The first kappa shape index (κ1) is 17.4. The van der Waals surface area contributed by atoms with Gasteiger partial charge in [0.15, 0.2) is 5.82 Å². The minimum absolute atomic E-state index is 0.337. The van der Waals surface area contributed by atoms with Crippen molar-refractivity contribution >= 4 is 6.09 Å². The van der Waals surface area contributed by atoms with Gasteiger partial charge < -0.3 is 10.1 Å². The Labute approximate surface area is 147 Å². The molecule has 7 nitrogen and oxygen atoms in total. The summed E-state index contributed by atoms with van der Waals surface area (Å²) in [7, 11) is 0. The maximum atomic E-state index is 12.2. The number of carbonyl (C=O) groups excluding carboxylic acids is 1. The number of alkyl carbamates (subject to hydrolysis) is 1. The van der Waals surface area contributed by atoms with Gasteiger partial charge in [0.1, 0.15) is 5.54 Å². The lowest BCUT2D eigenvalue weighted by Gasteiger charge is -2.36. The van der Waals surface area contributed by atoms with E-state index in [1.807, 2.05) is 12.1 Å². The van der Waals surface area contributed by atoms with Crippen LogP contribution in [0.25, 0.3) is 5.69 Å². The Bertz CT molecular complexity index is 750. The maximum Gasteiger partial charge on any atom is 0.407 e. The Hall–Kier alpha value is -2.44. The van der Waals surface area contributed by atoms with Crippen LogP contribution in [0.15, 0.2) is 18.2 Å². The number of benzene rings is 1. The lowest BCUT2D eigenvalue weighted by Crippen LogP contribution is -2.49. The van der Waals surface area contributed by atoms with E-state index in [2.05, 4.69) is 40.8 Å². The number of aromatic nitrogens is 4. The molecule has 1 aromatic carbocycles. The second kappa shape index (κ2) is 7.21. The Balaban J connectivity index is 2.05. The van der Waals surface area contributed by atoms with Crippen LogP contribution in [0.5, 0.6) is 0 Å². The maximum absolute atomic E-state index is 12.2. The molecular formula is C18H25N5O2. The molecule has 1 aliphatic rings. The predicted octanol–water partition coefficient (Wildman–Crippen LogP) is 3.18. The molecule has 0 bridgehead atoms. The van der Waals surface area contributed by atoms with Crippen molar-refractivity contribution in [2.24, 2.45) is 0 Å². The van der Waals surface area contributed by atoms with Gasteiger partial charge in [0.25, 0.3) is 0 Å². The third kappa shape index (κ3) is 3.36. The van der Waals surface area contributed by atoms with E-state index in [0.717, 1.165) is 43.4 Å². The molecule has 0 unspecified atom stereocenters. The van der Waals surface area contributed by atoms with Crippen LogP contribution in [0, 0.1) is 13.8 Å². The number of aryl methyl sites for hydroxylation is 1. The molecule has 0 spiro atoms. The van der Waals surface area contributed by atoms with Crippen LogP contribution in [0.1, 0.15) is 56.0 Å². The van der Waals surface area contributed by atoms with E-state index in [9.17, 15) is 4.79 Å². The molecule has 1 N–H and O–H groups in total. The van der Waals surface area contributed by atoms with E-state index >= 15 is 0 Å². The van der Waals surface area contributed by atoms with E-state index in [1.165, 1.54) is 5.56 Å². The van der Waals surface area contributed by atoms with E-state index in [4.69, 9.17) is 4.74 Å². The van der Waals surface area contributed by atoms with Crippen LogP contribution in [-0.2, 0) is 10.3 Å². The van der Waals surface area contributed by atoms with E-state index in [0.29, 0.717) is 12.4 Å². The number of ether oxygens (including phenoxy) is 1. The molecule has 0 saturated heterocycles. The highest BCUT2D eigenvalue weighted by molar-refractivity contribution is 5.68. The monoisotopic (exact) mass is 343 g/mol. The van der Waals surface area contributed by atoms with Crippen LogP contribution in [-0.4, -0.2) is 32.9 Å². The van der Waals surface area contributed by atoms with Crippen molar-refractivity contribution in [3.8, 4) is 5.69 Å². The molecule has 7 heteroatoms. The normalized spacial score (nSPS) is 16.4. The molecule has 0 atom stereocenters. The van der Waals surface area contributed by atoms with Crippen molar-refractivity contribution in [2.45, 2.75) is 58.4 Å². The zero-order valence-corrected chi connectivity index (χ0v) is 15.1. The van der Waals surface area contributed by atoms with Gasteiger partial charge in [-0.1, -0.05) is 31.4 Å². The second-order valence-corrected chi connectivity index (χ2v) is 6.62. The summed E-state index contributed by atoms with van der Waals surface area (Å²) in [6.07, 6.45) is 4.38. The predicted molar refractivity (Wildman–Crippen MR) is 93.5 cm³/mol. The minimum Gasteiger partial charge on any atom is -0.450 e. The van der Waals surface area contributed by atoms with Crippen LogP contribution >= 0.6 is 0 Å². The number of tetrazole rings is 1. The van der Waals surface area contributed by atoms with Crippen molar-refractivity contribution in [2.75, 3.05) is 6.61 Å². The number of nitrogens with zero attached hydrogens (tertiary/aromatic N) is 4. The van der Waals surface area contributed by atoms with Crippen LogP contribution < -0.4 is 5.32 Å². The molecule has 1 saturated carbocycles. The van der Waals surface area contributed by atoms with Crippen LogP contribution in [0.3, 0.4) is 0 Å². The smallest absolute Gasteiger partial charge is 0.407 e. The average molecular weight is 343 g/mol. The average Bonchev–Trinajstić information content (AvgIpc) is 3.08. The molecule has 2 aromatic rings. The van der Waals surface area contributed by atoms with Gasteiger partial charge in [0.05, 0.1) is 12.3 Å². The van der Waals surface area contributed by atoms with Gasteiger partial charge in [0, 0.05) is 0 Å². The molecule has 1 heterocycles. The first-order valence-corrected chi connectivity index (χ1v) is 8.88. The van der Waals surface area contributed by atoms with E-state index < -0.39 is 11.6 Å².